The van der Waals surface area contributed by atoms with Gasteiger partial charge in [0.15, 0.2) is 5.65 Å². The molecule has 2 aromatic rings. The molecule has 4 rings (SSSR count). The summed E-state index contributed by atoms with van der Waals surface area (Å²) in [6.45, 7) is 7.95. The average Bonchev–Trinajstić information content (AvgIpc) is 3.07. The number of anilines is 1. The molecule has 0 spiro atoms. The van der Waals surface area contributed by atoms with Gasteiger partial charge in [-0.2, -0.15) is 9.61 Å². The SMILES string of the molecule is Cc1cc2nccc(NC(=O)N3C[C@H]4CN(C)C[C@@]4(C)C3)n2n1. The number of nitrogens with zero attached hydrogens (tertiary/aromatic N) is 5. The fourth-order valence-corrected chi connectivity index (χ4v) is 4.08. The van der Waals surface area contributed by atoms with Crippen LogP contribution in [0.25, 0.3) is 5.65 Å². The van der Waals surface area contributed by atoms with Gasteiger partial charge in [0, 0.05) is 43.9 Å². The third-order valence-electron chi connectivity index (χ3n) is 5.14. The van der Waals surface area contributed by atoms with E-state index in [4.69, 9.17) is 0 Å². The van der Waals surface area contributed by atoms with Crippen LogP contribution in [0.1, 0.15) is 12.6 Å². The van der Waals surface area contributed by atoms with Crippen LogP contribution in [0.3, 0.4) is 0 Å². The molecule has 0 aliphatic carbocycles. The van der Waals surface area contributed by atoms with Gasteiger partial charge in [-0.25, -0.2) is 9.78 Å². The molecule has 2 fully saturated rings. The van der Waals surface area contributed by atoms with Gasteiger partial charge in [0.1, 0.15) is 5.82 Å². The van der Waals surface area contributed by atoms with Crippen LogP contribution in [-0.4, -0.2) is 63.7 Å². The molecular formula is C16H22N6O. The number of hydrogen-bond acceptors (Lipinski definition) is 4. The highest BCUT2D eigenvalue weighted by Gasteiger charge is 2.49. The largest absolute Gasteiger partial charge is 0.324 e. The van der Waals surface area contributed by atoms with E-state index in [1.807, 2.05) is 17.9 Å². The number of fused-ring (bicyclic) bond motifs is 2. The fraction of sp³-hybridized carbons (Fsp3) is 0.562. The van der Waals surface area contributed by atoms with Crippen LogP contribution in [0, 0.1) is 18.3 Å². The summed E-state index contributed by atoms with van der Waals surface area (Å²) in [6, 6.07) is 3.63. The minimum absolute atomic E-state index is 0.0519. The van der Waals surface area contributed by atoms with Gasteiger partial charge in [0.25, 0.3) is 0 Å². The zero-order valence-corrected chi connectivity index (χ0v) is 13.8. The van der Waals surface area contributed by atoms with Crippen molar-refractivity contribution in [3.63, 3.8) is 0 Å². The van der Waals surface area contributed by atoms with Crippen molar-refractivity contribution in [1.29, 1.82) is 0 Å². The molecule has 0 unspecified atom stereocenters. The Kier molecular flexibility index (Phi) is 3.09. The summed E-state index contributed by atoms with van der Waals surface area (Å²) in [6.07, 6.45) is 1.70. The van der Waals surface area contributed by atoms with Crippen LogP contribution in [0.4, 0.5) is 10.6 Å². The standard InChI is InChI=1S/C16H22N6O/c1-11-6-14-17-5-4-13(22(14)19-11)18-15(23)21-8-12-7-20(3)9-16(12,2)10-21/h4-6,12H,7-10H2,1-3H3,(H,18,23)/t12-,16+/m1/s1. The predicted octanol–water partition coefficient (Wildman–Crippen LogP) is 1.45. The van der Waals surface area contributed by atoms with E-state index in [2.05, 4.69) is 34.3 Å². The molecule has 1 N–H and O–H groups in total. The van der Waals surface area contributed by atoms with E-state index in [-0.39, 0.29) is 11.4 Å². The molecule has 2 amide bonds. The Morgan fingerprint density at radius 2 is 2.22 bits per heavy atom. The Hall–Kier alpha value is -2.15. The summed E-state index contributed by atoms with van der Waals surface area (Å²) in [5.74, 6) is 1.22. The van der Waals surface area contributed by atoms with Gasteiger partial charge >= 0.3 is 6.03 Å². The van der Waals surface area contributed by atoms with E-state index < -0.39 is 0 Å². The maximum Gasteiger partial charge on any atom is 0.323 e. The molecule has 2 atom stereocenters. The molecule has 0 saturated carbocycles. The highest BCUT2D eigenvalue weighted by Crippen LogP contribution is 2.41. The lowest BCUT2D eigenvalue weighted by atomic mass is 9.83. The monoisotopic (exact) mass is 314 g/mol. The predicted molar refractivity (Wildman–Crippen MR) is 87.4 cm³/mol. The van der Waals surface area contributed by atoms with Crippen molar-refractivity contribution >= 4 is 17.5 Å². The van der Waals surface area contributed by atoms with Gasteiger partial charge in [-0.15, -0.1) is 0 Å². The second-order valence-corrected chi connectivity index (χ2v) is 7.24. The lowest BCUT2D eigenvalue weighted by Gasteiger charge is -2.24. The molecule has 23 heavy (non-hydrogen) atoms. The van der Waals surface area contributed by atoms with Crippen LogP contribution >= 0.6 is 0 Å². The third-order valence-corrected chi connectivity index (χ3v) is 5.14. The van der Waals surface area contributed by atoms with E-state index in [0.717, 1.165) is 37.5 Å². The molecule has 7 heteroatoms. The first-order chi connectivity index (χ1) is 10.9. The van der Waals surface area contributed by atoms with Crippen molar-refractivity contribution in [2.75, 3.05) is 38.5 Å². The average molecular weight is 314 g/mol. The van der Waals surface area contributed by atoms with Gasteiger partial charge in [0.2, 0.25) is 0 Å². The topological polar surface area (TPSA) is 65.8 Å². The number of hydrogen-bond donors (Lipinski definition) is 1. The number of rotatable bonds is 1. The van der Waals surface area contributed by atoms with Crippen molar-refractivity contribution in [1.82, 2.24) is 24.4 Å². The summed E-state index contributed by atoms with van der Waals surface area (Å²) in [4.78, 5) is 21.2. The summed E-state index contributed by atoms with van der Waals surface area (Å²) in [5, 5.41) is 7.38. The van der Waals surface area contributed by atoms with E-state index in [0.29, 0.717) is 11.7 Å². The minimum atomic E-state index is -0.0519. The van der Waals surface area contributed by atoms with Crippen molar-refractivity contribution in [3.05, 3.63) is 24.0 Å². The number of amides is 2. The summed E-state index contributed by atoms with van der Waals surface area (Å²) < 4.78 is 1.68. The molecule has 122 valence electrons. The molecule has 7 nitrogen and oxygen atoms in total. The maximum absolute atomic E-state index is 12.7. The Labute approximate surface area is 135 Å². The zero-order chi connectivity index (χ0) is 16.2. The number of urea groups is 1. The first-order valence-corrected chi connectivity index (χ1v) is 8.00. The summed E-state index contributed by atoms with van der Waals surface area (Å²) in [5.41, 5.74) is 1.83. The van der Waals surface area contributed by atoms with Crippen LogP contribution in [-0.2, 0) is 0 Å². The van der Waals surface area contributed by atoms with Crippen LogP contribution in [0.5, 0.6) is 0 Å². The Morgan fingerprint density at radius 3 is 3.00 bits per heavy atom. The first kappa shape index (κ1) is 14.4. The normalized spacial score (nSPS) is 27.6. The molecular weight excluding hydrogens is 292 g/mol. The second-order valence-electron chi connectivity index (χ2n) is 7.24. The Morgan fingerprint density at radius 1 is 1.39 bits per heavy atom. The molecule has 0 bridgehead atoms. The molecule has 2 aromatic heterocycles. The van der Waals surface area contributed by atoms with Crippen LogP contribution < -0.4 is 5.32 Å². The minimum Gasteiger partial charge on any atom is -0.324 e. The van der Waals surface area contributed by atoms with Gasteiger partial charge in [-0.1, -0.05) is 6.92 Å². The number of nitrogens with one attached hydrogen (secondary N) is 1. The van der Waals surface area contributed by atoms with E-state index in [1.54, 1.807) is 16.8 Å². The van der Waals surface area contributed by atoms with Gasteiger partial charge in [0.05, 0.1) is 5.69 Å². The first-order valence-electron chi connectivity index (χ1n) is 8.00. The van der Waals surface area contributed by atoms with Crippen LogP contribution in [0.15, 0.2) is 18.3 Å². The molecule has 2 aliphatic heterocycles. The van der Waals surface area contributed by atoms with Crippen molar-refractivity contribution in [2.24, 2.45) is 11.3 Å². The summed E-state index contributed by atoms with van der Waals surface area (Å²) in [7, 11) is 2.15. The van der Waals surface area contributed by atoms with Crippen molar-refractivity contribution in [3.8, 4) is 0 Å². The molecule has 4 heterocycles. The highest BCUT2D eigenvalue weighted by molar-refractivity contribution is 5.89. The quantitative estimate of drug-likeness (QED) is 0.865. The number of carbonyl (C=O) groups excluding carboxylic acids is 1. The number of carbonyl (C=O) groups is 1. The van der Waals surface area contributed by atoms with E-state index in [1.165, 1.54) is 0 Å². The number of aryl methyl sites for hydroxylation is 1. The molecule has 2 saturated heterocycles. The van der Waals surface area contributed by atoms with E-state index >= 15 is 0 Å². The third kappa shape index (κ3) is 2.35. The van der Waals surface area contributed by atoms with Crippen LogP contribution in [0.2, 0.25) is 0 Å². The lowest BCUT2D eigenvalue weighted by Crippen LogP contribution is -2.37. The molecule has 0 radical (unpaired) electrons. The fourth-order valence-electron chi connectivity index (χ4n) is 4.08. The van der Waals surface area contributed by atoms with Gasteiger partial charge < -0.3 is 9.80 Å². The second kappa shape index (κ2) is 4.92. The Bertz CT molecular complexity index is 771. The van der Waals surface area contributed by atoms with Gasteiger partial charge in [-0.05, 0) is 26.0 Å². The molecule has 2 aliphatic rings. The van der Waals surface area contributed by atoms with Gasteiger partial charge in [-0.3, -0.25) is 5.32 Å². The summed E-state index contributed by atoms with van der Waals surface area (Å²) >= 11 is 0. The highest BCUT2D eigenvalue weighted by atomic mass is 16.2. The Balaban J connectivity index is 1.52. The maximum atomic E-state index is 12.7. The zero-order valence-electron chi connectivity index (χ0n) is 13.8. The van der Waals surface area contributed by atoms with E-state index in [9.17, 15) is 4.79 Å². The van der Waals surface area contributed by atoms with Crippen molar-refractivity contribution < 1.29 is 4.79 Å². The number of likely N-dealkylation sites (tertiary alicyclic amines) is 2. The lowest BCUT2D eigenvalue weighted by molar-refractivity contribution is 0.208. The number of aromatic nitrogens is 3. The molecule has 0 aromatic carbocycles. The smallest absolute Gasteiger partial charge is 0.323 e. The van der Waals surface area contributed by atoms with Crippen molar-refractivity contribution in [2.45, 2.75) is 13.8 Å².